The number of nitrogens with zero attached hydrogens (tertiary/aromatic N) is 2. The van der Waals surface area contributed by atoms with Gasteiger partial charge in [-0.3, -0.25) is 15.5 Å². The van der Waals surface area contributed by atoms with Gasteiger partial charge in [0.1, 0.15) is 17.3 Å². The number of thiocarbonyl (C=S) groups is 1. The summed E-state index contributed by atoms with van der Waals surface area (Å²) < 4.78 is 10.8. The number of rotatable bonds is 5. The number of hydrazone groups is 1. The molecular weight excluding hydrogens is 320 g/mol. The first-order chi connectivity index (χ1) is 11.0. The third-order valence-electron chi connectivity index (χ3n) is 2.87. The standard InChI is InChI=1S/C14H14N4O4S/c1-15-14(23)17-16-8-10-4-6-12(22-10)11-5-3-9(18(19)20)7-13(11)21-2/h3-8H,1-2H3,(H2,15,17,23)/b16-8+. The predicted molar refractivity (Wildman–Crippen MR) is 89.7 cm³/mol. The number of ether oxygens (including phenoxy) is 1. The van der Waals surface area contributed by atoms with Crippen LogP contribution in [-0.4, -0.2) is 30.4 Å². The van der Waals surface area contributed by atoms with Crippen LogP contribution < -0.4 is 15.5 Å². The first-order valence-corrected chi connectivity index (χ1v) is 6.89. The molecular formula is C14H14N4O4S. The summed E-state index contributed by atoms with van der Waals surface area (Å²) in [6, 6.07) is 7.75. The van der Waals surface area contributed by atoms with Crippen LogP contribution in [0.2, 0.25) is 0 Å². The lowest BCUT2D eigenvalue weighted by atomic mass is 10.1. The van der Waals surface area contributed by atoms with Crippen molar-refractivity contribution in [3.8, 4) is 17.1 Å². The van der Waals surface area contributed by atoms with Gasteiger partial charge in [0.15, 0.2) is 5.11 Å². The maximum Gasteiger partial charge on any atom is 0.273 e. The molecule has 2 N–H and O–H groups in total. The fourth-order valence-corrected chi connectivity index (χ4v) is 1.83. The van der Waals surface area contributed by atoms with Gasteiger partial charge in [-0.25, -0.2) is 0 Å². The summed E-state index contributed by atoms with van der Waals surface area (Å²) >= 11 is 4.88. The largest absolute Gasteiger partial charge is 0.496 e. The highest BCUT2D eigenvalue weighted by atomic mass is 32.1. The van der Waals surface area contributed by atoms with Crippen LogP contribution in [0.1, 0.15) is 5.76 Å². The Labute approximate surface area is 137 Å². The number of hydrogen-bond acceptors (Lipinski definition) is 6. The average Bonchev–Trinajstić information content (AvgIpc) is 3.02. The quantitative estimate of drug-likeness (QED) is 0.374. The van der Waals surface area contributed by atoms with Crippen LogP contribution in [0.5, 0.6) is 5.75 Å². The van der Waals surface area contributed by atoms with E-state index in [-0.39, 0.29) is 5.69 Å². The van der Waals surface area contributed by atoms with Gasteiger partial charge in [-0.05, 0) is 30.4 Å². The first kappa shape index (κ1) is 16.4. The van der Waals surface area contributed by atoms with Crippen molar-refractivity contribution in [2.45, 2.75) is 0 Å². The number of furan rings is 1. The minimum Gasteiger partial charge on any atom is -0.496 e. The van der Waals surface area contributed by atoms with Crippen LogP contribution in [0.3, 0.4) is 0 Å². The zero-order valence-electron chi connectivity index (χ0n) is 12.4. The molecule has 2 rings (SSSR count). The molecule has 0 amide bonds. The first-order valence-electron chi connectivity index (χ1n) is 6.48. The van der Waals surface area contributed by atoms with E-state index >= 15 is 0 Å². The number of benzene rings is 1. The lowest BCUT2D eigenvalue weighted by molar-refractivity contribution is -0.384. The molecule has 0 aliphatic carbocycles. The summed E-state index contributed by atoms with van der Waals surface area (Å²) in [5.41, 5.74) is 3.16. The van der Waals surface area contributed by atoms with Gasteiger partial charge in [-0.2, -0.15) is 5.10 Å². The molecule has 0 aliphatic rings. The molecule has 1 heterocycles. The van der Waals surface area contributed by atoms with Gasteiger partial charge in [-0.15, -0.1) is 0 Å². The summed E-state index contributed by atoms with van der Waals surface area (Å²) in [6.45, 7) is 0. The molecule has 0 saturated carbocycles. The summed E-state index contributed by atoms with van der Waals surface area (Å²) in [4.78, 5) is 10.3. The van der Waals surface area contributed by atoms with Crippen LogP contribution in [0.4, 0.5) is 5.69 Å². The van der Waals surface area contributed by atoms with E-state index in [9.17, 15) is 10.1 Å². The molecule has 23 heavy (non-hydrogen) atoms. The highest BCUT2D eigenvalue weighted by Crippen LogP contribution is 2.33. The van der Waals surface area contributed by atoms with E-state index in [4.69, 9.17) is 21.4 Å². The summed E-state index contributed by atoms with van der Waals surface area (Å²) in [6.07, 6.45) is 1.46. The Morgan fingerprint density at radius 2 is 2.22 bits per heavy atom. The molecule has 8 nitrogen and oxygen atoms in total. The minimum absolute atomic E-state index is 0.0521. The van der Waals surface area contributed by atoms with Gasteiger partial charge in [-0.1, -0.05) is 0 Å². The highest BCUT2D eigenvalue weighted by molar-refractivity contribution is 7.80. The Morgan fingerprint density at radius 3 is 2.87 bits per heavy atom. The second kappa shape index (κ2) is 7.36. The lowest BCUT2D eigenvalue weighted by Gasteiger charge is -2.05. The van der Waals surface area contributed by atoms with Crippen molar-refractivity contribution >= 4 is 29.2 Å². The third-order valence-corrected chi connectivity index (χ3v) is 3.17. The van der Waals surface area contributed by atoms with Crippen LogP contribution >= 0.6 is 12.2 Å². The average molecular weight is 334 g/mol. The Hall–Kier alpha value is -2.94. The molecule has 1 aromatic heterocycles. The predicted octanol–water partition coefficient (Wildman–Crippen LogP) is 2.29. The summed E-state index contributed by atoms with van der Waals surface area (Å²) in [5, 5.41) is 17.8. The van der Waals surface area contributed by atoms with Gasteiger partial charge in [0.2, 0.25) is 0 Å². The van der Waals surface area contributed by atoms with E-state index in [2.05, 4.69) is 15.8 Å². The van der Waals surface area contributed by atoms with Gasteiger partial charge < -0.3 is 14.5 Å². The lowest BCUT2D eigenvalue weighted by Crippen LogP contribution is -2.28. The Morgan fingerprint density at radius 1 is 1.43 bits per heavy atom. The van der Waals surface area contributed by atoms with Crippen molar-refractivity contribution < 1.29 is 14.1 Å². The second-order valence-electron chi connectivity index (χ2n) is 4.29. The fraction of sp³-hybridized carbons (Fsp3) is 0.143. The maximum atomic E-state index is 10.8. The Bertz CT molecular complexity index is 757. The van der Waals surface area contributed by atoms with Crippen molar-refractivity contribution in [1.29, 1.82) is 0 Å². The fourth-order valence-electron chi connectivity index (χ4n) is 1.77. The van der Waals surface area contributed by atoms with E-state index < -0.39 is 4.92 Å². The molecule has 0 bridgehead atoms. The molecule has 120 valence electrons. The number of nitro benzene ring substituents is 1. The number of nitro groups is 1. The highest BCUT2D eigenvalue weighted by Gasteiger charge is 2.15. The van der Waals surface area contributed by atoms with Crippen LogP contribution in [0.25, 0.3) is 11.3 Å². The van der Waals surface area contributed by atoms with Crippen molar-refractivity contribution in [1.82, 2.24) is 10.7 Å². The topological polar surface area (TPSA) is 102 Å². The van der Waals surface area contributed by atoms with Gasteiger partial charge in [0, 0.05) is 13.1 Å². The van der Waals surface area contributed by atoms with Gasteiger partial charge in [0.05, 0.1) is 29.9 Å². The van der Waals surface area contributed by atoms with E-state index in [0.717, 1.165) is 0 Å². The van der Waals surface area contributed by atoms with Crippen molar-refractivity contribution in [2.24, 2.45) is 5.10 Å². The van der Waals surface area contributed by atoms with E-state index in [0.29, 0.717) is 27.9 Å². The van der Waals surface area contributed by atoms with Crippen molar-refractivity contribution in [2.75, 3.05) is 14.2 Å². The molecule has 0 fully saturated rings. The maximum absolute atomic E-state index is 10.8. The number of hydrogen-bond donors (Lipinski definition) is 2. The number of non-ortho nitro benzene ring substituents is 1. The summed E-state index contributed by atoms with van der Waals surface area (Å²) in [7, 11) is 3.12. The Kier molecular flexibility index (Phi) is 5.26. The summed E-state index contributed by atoms with van der Waals surface area (Å²) in [5.74, 6) is 1.35. The third kappa shape index (κ3) is 4.04. The zero-order valence-corrected chi connectivity index (χ0v) is 13.2. The number of nitrogens with one attached hydrogen (secondary N) is 2. The molecule has 0 atom stereocenters. The van der Waals surface area contributed by atoms with Gasteiger partial charge in [0.25, 0.3) is 5.69 Å². The normalized spacial score (nSPS) is 10.5. The Balaban J connectivity index is 2.23. The molecule has 1 aromatic carbocycles. The second-order valence-corrected chi connectivity index (χ2v) is 4.70. The minimum atomic E-state index is -0.483. The molecule has 0 unspecified atom stereocenters. The van der Waals surface area contributed by atoms with E-state index in [1.54, 1.807) is 25.2 Å². The van der Waals surface area contributed by atoms with Crippen LogP contribution in [0.15, 0.2) is 39.9 Å². The van der Waals surface area contributed by atoms with Crippen molar-refractivity contribution in [3.05, 3.63) is 46.2 Å². The van der Waals surface area contributed by atoms with Crippen molar-refractivity contribution in [3.63, 3.8) is 0 Å². The molecule has 0 saturated heterocycles. The van der Waals surface area contributed by atoms with Crippen LogP contribution in [-0.2, 0) is 0 Å². The smallest absolute Gasteiger partial charge is 0.273 e. The SMILES string of the molecule is CNC(=S)N/N=C/c1ccc(-c2ccc([N+](=O)[O-])cc2OC)o1. The molecule has 2 aromatic rings. The number of methoxy groups -OCH3 is 1. The molecule has 0 radical (unpaired) electrons. The van der Waals surface area contributed by atoms with E-state index in [1.807, 2.05) is 0 Å². The molecule has 0 spiro atoms. The van der Waals surface area contributed by atoms with Crippen LogP contribution in [0, 0.1) is 10.1 Å². The zero-order chi connectivity index (χ0) is 16.8. The van der Waals surface area contributed by atoms with Gasteiger partial charge >= 0.3 is 0 Å². The monoisotopic (exact) mass is 334 g/mol. The molecule has 9 heteroatoms. The molecule has 0 aliphatic heterocycles. The van der Waals surface area contributed by atoms with E-state index in [1.165, 1.54) is 25.5 Å².